The Morgan fingerprint density at radius 2 is 2.21 bits per heavy atom. The molecule has 0 radical (unpaired) electrons. The number of nitrogen functional groups attached to an aromatic ring is 1. The molecular formula is C9H19N5. The lowest BCUT2D eigenvalue weighted by atomic mass is 10.3. The monoisotopic (exact) mass is 197 g/mol. The molecule has 14 heavy (non-hydrogen) atoms. The molecule has 1 aromatic heterocycles. The second kappa shape index (κ2) is 4.95. The maximum absolute atomic E-state index is 5.57. The number of nitrogens with zero attached hydrogens (tertiary/aromatic N) is 3. The van der Waals surface area contributed by atoms with Crippen LogP contribution in [0.1, 0.15) is 26.1 Å². The van der Waals surface area contributed by atoms with Gasteiger partial charge >= 0.3 is 0 Å². The third-order valence-corrected chi connectivity index (χ3v) is 1.97. The summed E-state index contributed by atoms with van der Waals surface area (Å²) in [5, 5.41) is 7.52. The molecule has 0 aliphatic heterocycles. The van der Waals surface area contributed by atoms with Crippen LogP contribution in [0.3, 0.4) is 0 Å². The van der Waals surface area contributed by atoms with Crippen molar-refractivity contribution >= 4 is 5.95 Å². The summed E-state index contributed by atoms with van der Waals surface area (Å²) in [5.74, 6) is 1.31. The smallest absolute Gasteiger partial charge is 0.218 e. The molecule has 0 atom stereocenters. The number of rotatable bonds is 5. The predicted molar refractivity (Wildman–Crippen MR) is 56.9 cm³/mol. The third-order valence-electron chi connectivity index (χ3n) is 1.97. The van der Waals surface area contributed by atoms with Crippen LogP contribution in [0.4, 0.5) is 5.95 Å². The van der Waals surface area contributed by atoms with Gasteiger partial charge in [0, 0.05) is 19.5 Å². The van der Waals surface area contributed by atoms with E-state index in [1.807, 2.05) is 0 Å². The van der Waals surface area contributed by atoms with E-state index >= 15 is 0 Å². The SMILES string of the molecule is CC(C)NCCCc1nc(N)n(C)n1. The van der Waals surface area contributed by atoms with E-state index in [1.54, 1.807) is 11.7 Å². The van der Waals surface area contributed by atoms with Crippen LogP contribution < -0.4 is 11.1 Å². The van der Waals surface area contributed by atoms with Gasteiger partial charge in [0.05, 0.1) is 0 Å². The fourth-order valence-corrected chi connectivity index (χ4v) is 1.19. The van der Waals surface area contributed by atoms with Gasteiger partial charge in [-0.15, -0.1) is 0 Å². The minimum Gasteiger partial charge on any atom is -0.368 e. The normalized spacial score (nSPS) is 11.1. The fourth-order valence-electron chi connectivity index (χ4n) is 1.19. The van der Waals surface area contributed by atoms with E-state index in [9.17, 15) is 0 Å². The molecule has 0 bridgehead atoms. The Bertz CT molecular complexity index is 259. The molecule has 0 amide bonds. The summed E-state index contributed by atoms with van der Waals surface area (Å²) in [4.78, 5) is 4.13. The molecule has 0 aromatic carbocycles. The molecule has 0 saturated heterocycles. The molecule has 5 heteroatoms. The number of aryl methyl sites for hydroxylation is 2. The first-order valence-electron chi connectivity index (χ1n) is 4.98. The average Bonchev–Trinajstić information content (AvgIpc) is 2.40. The highest BCUT2D eigenvalue weighted by atomic mass is 15.4. The maximum Gasteiger partial charge on any atom is 0.218 e. The lowest BCUT2D eigenvalue weighted by Gasteiger charge is -2.05. The molecule has 1 aromatic rings. The van der Waals surface area contributed by atoms with Crippen molar-refractivity contribution in [3.8, 4) is 0 Å². The van der Waals surface area contributed by atoms with Crippen molar-refractivity contribution in [2.24, 2.45) is 7.05 Å². The number of hydrogen-bond acceptors (Lipinski definition) is 4. The number of anilines is 1. The summed E-state index contributed by atoms with van der Waals surface area (Å²) in [5.41, 5.74) is 5.57. The van der Waals surface area contributed by atoms with Gasteiger partial charge < -0.3 is 11.1 Å². The molecule has 5 nitrogen and oxygen atoms in total. The largest absolute Gasteiger partial charge is 0.368 e. The van der Waals surface area contributed by atoms with Crippen LogP contribution in [-0.4, -0.2) is 27.4 Å². The molecule has 0 unspecified atom stereocenters. The maximum atomic E-state index is 5.57. The predicted octanol–water partition coefficient (Wildman–Crippen LogP) is 0.328. The zero-order chi connectivity index (χ0) is 10.6. The summed E-state index contributed by atoms with van der Waals surface area (Å²) in [7, 11) is 1.80. The minimum absolute atomic E-state index is 0.483. The average molecular weight is 197 g/mol. The van der Waals surface area contributed by atoms with Crippen molar-refractivity contribution in [3.63, 3.8) is 0 Å². The summed E-state index contributed by atoms with van der Waals surface area (Å²) < 4.78 is 1.60. The molecule has 0 fully saturated rings. The Morgan fingerprint density at radius 1 is 1.50 bits per heavy atom. The van der Waals surface area contributed by atoms with Gasteiger partial charge in [-0.2, -0.15) is 10.1 Å². The second-order valence-electron chi connectivity index (χ2n) is 3.72. The summed E-state index contributed by atoms with van der Waals surface area (Å²) in [6, 6.07) is 0.539. The standard InChI is InChI=1S/C9H19N5/c1-7(2)11-6-4-5-8-12-9(10)14(3)13-8/h7,11H,4-6H2,1-3H3,(H2,10,12,13). The molecule has 1 rings (SSSR count). The van der Waals surface area contributed by atoms with Crippen LogP contribution in [0.25, 0.3) is 0 Å². The molecule has 0 spiro atoms. The van der Waals surface area contributed by atoms with Crippen LogP contribution in [0.2, 0.25) is 0 Å². The first kappa shape index (κ1) is 11.0. The Labute approximate surface area is 84.7 Å². The van der Waals surface area contributed by atoms with Gasteiger partial charge in [-0.1, -0.05) is 13.8 Å². The van der Waals surface area contributed by atoms with Crippen LogP contribution >= 0.6 is 0 Å². The summed E-state index contributed by atoms with van der Waals surface area (Å²) in [6.07, 6.45) is 1.92. The first-order valence-corrected chi connectivity index (χ1v) is 4.98. The lowest BCUT2D eigenvalue weighted by molar-refractivity contribution is 0.565. The number of nitrogens with one attached hydrogen (secondary N) is 1. The van der Waals surface area contributed by atoms with Gasteiger partial charge in [0.15, 0.2) is 5.82 Å². The van der Waals surface area contributed by atoms with E-state index in [2.05, 4.69) is 29.2 Å². The topological polar surface area (TPSA) is 68.8 Å². The quantitative estimate of drug-likeness (QED) is 0.667. The van der Waals surface area contributed by atoms with Crippen LogP contribution in [-0.2, 0) is 13.5 Å². The summed E-state index contributed by atoms with van der Waals surface area (Å²) in [6.45, 7) is 5.27. The Kier molecular flexibility index (Phi) is 3.88. The lowest BCUT2D eigenvalue weighted by Crippen LogP contribution is -2.24. The van der Waals surface area contributed by atoms with Gasteiger partial charge in [-0.25, -0.2) is 4.68 Å². The van der Waals surface area contributed by atoms with Crippen molar-refractivity contribution in [2.75, 3.05) is 12.3 Å². The number of hydrogen-bond donors (Lipinski definition) is 2. The number of nitrogens with two attached hydrogens (primary N) is 1. The highest BCUT2D eigenvalue weighted by Gasteiger charge is 2.02. The molecule has 80 valence electrons. The van der Waals surface area contributed by atoms with Gasteiger partial charge in [0.25, 0.3) is 0 Å². The Hall–Kier alpha value is -1.10. The van der Waals surface area contributed by atoms with Gasteiger partial charge in [-0.3, -0.25) is 0 Å². The van der Waals surface area contributed by atoms with E-state index in [0.29, 0.717) is 12.0 Å². The molecule has 0 saturated carbocycles. The van der Waals surface area contributed by atoms with Crippen LogP contribution in [0.15, 0.2) is 0 Å². The second-order valence-corrected chi connectivity index (χ2v) is 3.72. The summed E-state index contributed by atoms with van der Waals surface area (Å²) >= 11 is 0. The van der Waals surface area contributed by atoms with Crippen molar-refractivity contribution in [2.45, 2.75) is 32.7 Å². The van der Waals surface area contributed by atoms with Crippen molar-refractivity contribution in [1.82, 2.24) is 20.1 Å². The van der Waals surface area contributed by atoms with E-state index in [0.717, 1.165) is 25.2 Å². The minimum atomic E-state index is 0.483. The van der Waals surface area contributed by atoms with Gasteiger partial charge in [-0.05, 0) is 13.0 Å². The van der Waals surface area contributed by atoms with Crippen molar-refractivity contribution in [3.05, 3.63) is 5.82 Å². The van der Waals surface area contributed by atoms with E-state index in [4.69, 9.17) is 5.73 Å². The molecular weight excluding hydrogens is 178 g/mol. The van der Waals surface area contributed by atoms with E-state index < -0.39 is 0 Å². The van der Waals surface area contributed by atoms with Crippen LogP contribution in [0.5, 0.6) is 0 Å². The number of aromatic nitrogens is 3. The van der Waals surface area contributed by atoms with E-state index in [1.165, 1.54) is 0 Å². The molecule has 0 aliphatic carbocycles. The zero-order valence-corrected chi connectivity index (χ0v) is 9.12. The van der Waals surface area contributed by atoms with Crippen LogP contribution in [0, 0.1) is 0 Å². The van der Waals surface area contributed by atoms with Crippen molar-refractivity contribution < 1.29 is 0 Å². The molecule has 0 aliphatic rings. The highest BCUT2D eigenvalue weighted by Crippen LogP contribution is 1.99. The third kappa shape index (κ3) is 3.33. The van der Waals surface area contributed by atoms with E-state index in [-0.39, 0.29) is 0 Å². The van der Waals surface area contributed by atoms with Gasteiger partial charge in [0.1, 0.15) is 0 Å². The van der Waals surface area contributed by atoms with Crippen molar-refractivity contribution in [1.29, 1.82) is 0 Å². The Morgan fingerprint density at radius 3 is 2.71 bits per heavy atom. The molecule has 3 N–H and O–H groups in total. The first-order chi connectivity index (χ1) is 6.59. The highest BCUT2D eigenvalue weighted by molar-refractivity contribution is 5.15. The fraction of sp³-hybridized carbons (Fsp3) is 0.778. The molecule has 1 heterocycles. The zero-order valence-electron chi connectivity index (χ0n) is 9.12. The Balaban J connectivity index is 2.25. The van der Waals surface area contributed by atoms with Gasteiger partial charge in [0.2, 0.25) is 5.95 Å².